The zero-order valence-corrected chi connectivity index (χ0v) is 17.4. The summed E-state index contributed by atoms with van der Waals surface area (Å²) in [5, 5.41) is 10.0. The van der Waals surface area contributed by atoms with Crippen LogP contribution in [0.4, 0.5) is 0 Å². The van der Waals surface area contributed by atoms with Gasteiger partial charge in [0, 0.05) is 11.6 Å². The summed E-state index contributed by atoms with van der Waals surface area (Å²) in [6.45, 7) is 1.93. The van der Waals surface area contributed by atoms with Crippen LogP contribution in [0.2, 0.25) is 5.02 Å². The van der Waals surface area contributed by atoms with E-state index in [0.717, 1.165) is 37.8 Å². The van der Waals surface area contributed by atoms with Gasteiger partial charge in [0.25, 0.3) is 0 Å². The summed E-state index contributed by atoms with van der Waals surface area (Å²) in [6, 6.07) is 15.3. The first-order valence-corrected chi connectivity index (χ1v) is 9.91. The number of carbonyl (C=O) groups excluding carboxylic acids is 1. The molecule has 2 aromatic carbocycles. The van der Waals surface area contributed by atoms with E-state index in [1.807, 2.05) is 30.3 Å². The molecule has 28 heavy (non-hydrogen) atoms. The van der Waals surface area contributed by atoms with Crippen LogP contribution in [-0.4, -0.2) is 42.0 Å². The average Bonchev–Trinajstić information content (AvgIpc) is 2.71. The van der Waals surface area contributed by atoms with Crippen LogP contribution in [0.1, 0.15) is 41.5 Å². The summed E-state index contributed by atoms with van der Waals surface area (Å²) in [6.07, 6.45) is 3.55. The summed E-state index contributed by atoms with van der Waals surface area (Å²) in [5.41, 5.74) is 9.76. The van der Waals surface area contributed by atoms with E-state index in [4.69, 9.17) is 17.3 Å². The molecular weight excluding hydrogens is 395 g/mol. The normalized spacial score (nSPS) is 17.5. The molecule has 0 aliphatic carbocycles. The second kappa shape index (κ2) is 10.9. The number of aliphatic hydroxyl groups is 1. The number of carbonyl (C=O) groups is 1. The number of hydrogen-bond acceptors (Lipinski definition) is 4. The van der Waals surface area contributed by atoms with Crippen molar-refractivity contribution in [3.8, 4) is 0 Å². The first-order chi connectivity index (χ1) is 13.1. The Morgan fingerprint density at radius 3 is 2.39 bits per heavy atom. The van der Waals surface area contributed by atoms with Crippen LogP contribution < -0.4 is 5.73 Å². The van der Waals surface area contributed by atoms with Crippen molar-refractivity contribution in [1.29, 1.82) is 0 Å². The number of nitrogens with two attached hydrogens (primary N) is 1. The standard InChI is InChI=1S/C22H27ClN2O2.ClH/c23-19-7-5-18(6-8-19)22(21(24)15-27)25-12-9-17(10-13-25)20-4-2-1-3-16(20)11-14-26;/h1-8,15,17,21-22,26H,9-14,24H2;1H/t21-,22?;/m0./s1. The predicted octanol–water partition coefficient (Wildman–Crippen LogP) is 3.74. The monoisotopic (exact) mass is 422 g/mol. The zero-order chi connectivity index (χ0) is 19.2. The van der Waals surface area contributed by atoms with Gasteiger partial charge in [-0.1, -0.05) is 48.0 Å². The number of nitrogens with zero attached hydrogens (tertiary/aromatic N) is 1. The van der Waals surface area contributed by atoms with E-state index in [9.17, 15) is 9.90 Å². The van der Waals surface area contributed by atoms with Crippen LogP contribution in [0.5, 0.6) is 0 Å². The maximum absolute atomic E-state index is 11.4. The Bertz CT molecular complexity index is 746. The minimum Gasteiger partial charge on any atom is -0.396 e. The highest BCUT2D eigenvalue weighted by molar-refractivity contribution is 6.30. The van der Waals surface area contributed by atoms with E-state index in [1.165, 1.54) is 11.1 Å². The molecule has 0 amide bonds. The summed E-state index contributed by atoms with van der Waals surface area (Å²) in [5.74, 6) is 0.474. The minimum atomic E-state index is -0.565. The quantitative estimate of drug-likeness (QED) is 0.666. The first-order valence-electron chi connectivity index (χ1n) is 9.53. The highest BCUT2D eigenvalue weighted by atomic mass is 35.5. The van der Waals surface area contributed by atoms with Crippen LogP contribution >= 0.6 is 24.0 Å². The molecule has 4 nitrogen and oxygen atoms in total. The number of benzene rings is 2. The van der Waals surface area contributed by atoms with Gasteiger partial charge < -0.3 is 15.6 Å². The molecule has 0 bridgehead atoms. The largest absolute Gasteiger partial charge is 0.396 e. The molecule has 1 saturated heterocycles. The molecule has 0 spiro atoms. The van der Waals surface area contributed by atoms with E-state index in [1.54, 1.807) is 0 Å². The molecule has 152 valence electrons. The Kier molecular flexibility index (Phi) is 8.93. The molecule has 0 radical (unpaired) electrons. The Balaban J connectivity index is 0.00000280. The van der Waals surface area contributed by atoms with Gasteiger partial charge in [0.1, 0.15) is 6.29 Å². The van der Waals surface area contributed by atoms with Crippen LogP contribution in [0.25, 0.3) is 0 Å². The number of piperidine rings is 1. The van der Waals surface area contributed by atoms with Gasteiger partial charge in [-0.15, -0.1) is 12.4 Å². The highest BCUT2D eigenvalue weighted by Gasteiger charge is 2.31. The average molecular weight is 423 g/mol. The number of hydrogen-bond donors (Lipinski definition) is 2. The molecule has 1 aliphatic rings. The fraction of sp³-hybridized carbons (Fsp3) is 0.409. The second-order valence-corrected chi connectivity index (χ2v) is 7.63. The van der Waals surface area contributed by atoms with Gasteiger partial charge in [-0.3, -0.25) is 4.90 Å². The highest BCUT2D eigenvalue weighted by Crippen LogP contribution is 2.35. The zero-order valence-electron chi connectivity index (χ0n) is 15.8. The smallest absolute Gasteiger partial charge is 0.138 e. The Morgan fingerprint density at radius 1 is 1.14 bits per heavy atom. The van der Waals surface area contributed by atoms with Gasteiger partial charge in [-0.25, -0.2) is 0 Å². The molecule has 1 heterocycles. The molecule has 1 fully saturated rings. The predicted molar refractivity (Wildman–Crippen MR) is 116 cm³/mol. The third-order valence-corrected chi connectivity index (χ3v) is 5.78. The first kappa shape index (κ1) is 22.9. The molecule has 3 rings (SSSR count). The van der Waals surface area contributed by atoms with Crippen molar-refractivity contribution in [3.05, 3.63) is 70.2 Å². The third kappa shape index (κ3) is 5.34. The minimum absolute atomic E-state index is 0. The van der Waals surface area contributed by atoms with Crippen molar-refractivity contribution in [2.24, 2.45) is 5.73 Å². The Morgan fingerprint density at radius 2 is 1.79 bits per heavy atom. The molecule has 0 saturated carbocycles. The van der Waals surface area contributed by atoms with Crippen molar-refractivity contribution >= 4 is 30.3 Å². The molecule has 3 N–H and O–H groups in total. The van der Waals surface area contributed by atoms with E-state index < -0.39 is 6.04 Å². The van der Waals surface area contributed by atoms with E-state index in [0.29, 0.717) is 17.4 Å². The van der Waals surface area contributed by atoms with Crippen molar-refractivity contribution in [1.82, 2.24) is 4.90 Å². The fourth-order valence-corrected chi connectivity index (χ4v) is 4.31. The molecule has 2 atom stereocenters. The van der Waals surface area contributed by atoms with Crippen molar-refractivity contribution < 1.29 is 9.90 Å². The van der Waals surface area contributed by atoms with Gasteiger partial charge >= 0.3 is 0 Å². The van der Waals surface area contributed by atoms with Gasteiger partial charge in [-0.2, -0.15) is 0 Å². The van der Waals surface area contributed by atoms with Gasteiger partial charge in [0.2, 0.25) is 0 Å². The number of aliphatic hydroxyl groups excluding tert-OH is 1. The lowest BCUT2D eigenvalue weighted by molar-refractivity contribution is -0.110. The SMILES string of the molecule is Cl.N[C@@H](C=O)C(c1ccc(Cl)cc1)N1CCC(c2ccccc2CCO)CC1. The summed E-state index contributed by atoms with van der Waals surface area (Å²) < 4.78 is 0. The van der Waals surface area contributed by atoms with Crippen LogP contribution in [-0.2, 0) is 11.2 Å². The molecule has 1 unspecified atom stereocenters. The number of aldehydes is 1. The van der Waals surface area contributed by atoms with Gasteiger partial charge in [-0.05, 0) is 67.1 Å². The fourth-order valence-electron chi connectivity index (χ4n) is 4.18. The van der Waals surface area contributed by atoms with Crippen LogP contribution in [0.15, 0.2) is 48.5 Å². The Labute approximate surface area is 178 Å². The maximum atomic E-state index is 11.4. The van der Waals surface area contributed by atoms with Crippen molar-refractivity contribution in [3.63, 3.8) is 0 Å². The lowest BCUT2D eigenvalue weighted by atomic mass is 9.84. The number of rotatable bonds is 7. The van der Waals surface area contributed by atoms with Gasteiger partial charge in [0.15, 0.2) is 0 Å². The lowest BCUT2D eigenvalue weighted by Gasteiger charge is -2.39. The van der Waals surface area contributed by atoms with Crippen LogP contribution in [0, 0.1) is 0 Å². The molecule has 1 aliphatic heterocycles. The third-order valence-electron chi connectivity index (χ3n) is 5.53. The van der Waals surface area contributed by atoms with E-state index in [-0.39, 0.29) is 25.1 Å². The number of likely N-dealkylation sites (tertiary alicyclic amines) is 1. The van der Waals surface area contributed by atoms with E-state index >= 15 is 0 Å². The Hall–Kier alpha value is -1.43. The van der Waals surface area contributed by atoms with Crippen molar-refractivity contribution in [2.45, 2.75) is 37.3 Å². The number of halogens is 2. The molecule has 0 aromatic heterocycles. The van der Waals surface area contributed by atoms with Crippen molar-refractivity contribution in [2.75, 3.05) is 19.7 Å². The molecule has 6 heteroatoms. The molecular formula is C22H28Cl2N2O2. The van der Waals surface area contributed by atoms with Gasteiger partial charge in [0.05, 0.1) is 12.1 Å². The summed E-state index contributed by atoms with van der Waals surface area (Å²) in [4.78, 5) is 13.7. The molecule has 2 aromatic rings. The van der Waals surface area contributed by atoms with E-state index in [2.05, 4.69) is 23.1 Å². The maximum Gasteiger partial charge on any atom is 0.138 e. The summed E-state index contributed by atoms with van der Waals surface area (Å²) >= 11 is 6.01. The second-order valence-electron chi connectivity index (χ2n) is 7.19. The summed E-state index contributed by atoms with van der Waals surface area (Å²) in [7, 11) is 0. The topological polar surface area (TPSA) is 66.6 Å². The van der Waals surface area contributed by atoms with Crippen LogP contribution in [0.3, 0.4) is 0 Å². The lowest BCUT2D eigenvalue weighted by Crippen LogP contribution is -2.45.